The zero-order valence-electron chi connectivity index (χ0n) is 14.3. The van der Waals surface area contributed by atoms with Crippen LogP contribution in [0.5, 0.6) is 0 Å². The van der Waals surface area contributed by atoms with Gasteiger partial charge in [0.1, 0.15) is 0 Å². The third-order valence-corrected chi connectivity index (χ3v) is 3.80. The maximum Gasteiger partial charge on any atom is 0.319 e. The highest BCUT2D eigenvalue weighted by molar-refractivity contribution is 5.91. The molecule has 25 heavy (non-hydrogen) atoms. The second-order valence-corrected chi connectivity index (χ2v) is 5.65. The maximum absolute atomic E-state index is 12.4. The quantitative estimate of drug-likeness (QED) is 0.738. The van der Waals surface area contributed by atoms with Crippen molar-refractivity contribution in [2.75, 3.05) is 5.32 Å². The van der Waals surface area contributed by atoms with E-state index in [0.29, 0.717) is 17.8 Å². The van der Waals surface area contributed by atoms with Gasteiger partial charge < -0.3 is 10.6 Å². The zero-order chi connectivity index (χ0) is 17.8. The molecule has 130 valence electrons. The molecule has 0 radical (unpaired) electrons. The predicted molar refractivity (Wildman–Crippen MR) is 92.3 cm³/mol. The summed E-state index contributed by atoms with van der Waals surface area (Å²) in [7, 11) is 1.84. The van der Waals surface area contributed by atoms with Gasteiger partial charge in [-0.3, -0.25) is 4.68 Å². The summed E-state index contributed by atoms with van der Waals surface area (Å²) >= 11 is 0. The second kappa shape index (κ2) is 7.12. The van der Waals surface area contributed by atoms with Crippen molar-refractivity contribution in [2.45, 2.75) is 26.3 Å². The van der Waals surface area contributed by atoms with Crippen molar-refractivity contribution in [3.63, 3.8) is 0 Å². The number of nitrogens with one attached hydrogen (secondary N) is 2. The molecule has 0 fully saturated rings. The first-order valence-electron chi connectivity index (χ1n) is 8.01. The molecule has 0 spiro atoms. The third-order valence-electron chi connectivity index (χ3n) is 3.80. The van der Waals surface area contributed by atoms with Gasteiger partial charge in [-0.25, -0.2) is 4.79 Å². The molecule has 0 saturated heterocycles. The summed E-state index contributed by atoms with van der Waals surface area (Å²) in [5, 5.41) is 21.6. The lowest BCUT2D eigenvalue weighted by atomic mass is 10.2. The van der Waals surface area contributed by atoms with E-state index < -0.39 is 0 Å². The van der Waals surface area contributed by atoms with Crippen molar-refractivity contribution >= 4 is 11.7 Å². The van der Waals surface area contributed by atoms with Gasteiger partial charge in [0.05, 0.1) is 23.6 Å². The summed E-state index contributed by atoms with van der Waals surface area (Å²) in [5.41, 5.74) is 2.27. The fourth-order valence-electron chi connectivity index (χ4n) is 2.48. The number of amides is 2. The van der Waals surface area contributed by atoms with Crippen LogP contribution >= 0.6 is 0 Å². The van der Waals surface area contributed by atoms with E-state index in [1.165, 1.54) is 0 Å². The Labute approximate surface area is 145 Å². The number of aromatic nitrogens is 6. The third kappa shape index (κ3) is 3.65. The number of carbonyl (C=O) groups excluding carboxylic acids is 1. The number of carbonyl (C=O) groups is 1. The molecule has 0 aliphatic rings. The van der Waals surface area contributed by atoms with E-state index in [0.717, 1.165) is 11.4 Å². The van der Waals surface area contributed by atoms with E-state index in [-0.39, 0.29) is 12.1 Å². The number of urea groups is 1. The Bertz CT molecular complexity index is 868. The van der Waals surface area contributed by atoms with Crippen LogP contribution in [-0.4, -0.2) is 36.0 Å². The average molecular weight is 340 g/mol. The number of tetrazole rings is 1. The summed E-state index contributed by atoms with van der Waals surface area (Å²) < 4.78 is 3.32. The predicted octanol–water partition coefficient (Wildman–Crippen LogP) is 1.84. The van der Waals surface area contributed by atoms with Crippen LogP contribution in [0.15, 0.2) is 36.7 Å². The molecule has 2 N–H and O–H groups in total. The minimum absolute atomic E-state index is 0.167. The van der Waals surface area contributed by atoms with E-state index in [2.05, 4.69) is 31.3 Å². The minimum Gasteiger partial charge on any atom is -0.331 e. The molecule has 1 aromatic carbocycles. The van der Waals surface area contributed by atoms with E-state index >= 15 is 0 Å². The molecule has 3 aromatic rings. The number of benzene rings is 1. The number of para-hydroxylation sites is 2. The van der Waals surface area contributed by atoms with Gasteiger partial charge in [-0.2, -0.15) is 9.78 Å². The standard InChI is InChI=1S/C16H20N8O/c1-4-15-20-21-22-24(15)14-8-6-5-7-13(14)19-16(25)18-11(2)12-9-17-23(3)10-12/h5-11H,4H2,1-3H3,(H2,18,19,25)/t11-/m1/s1. The maximum atomic E-state index is 12.4. The van der Waals surface area contributed by atoms with Crippen LogP contribution in [0, 0.1) is 0 Å². The van der Waals surface area contributed by atoms with Crippen LogP contribution in [0.3, 0.4) is 0 Å². The molecule has 2 heterocycles. The van der Waals surface area contributed by atoms with Gasteiger partial charge in [0.15, 0.2) is 5.82 Å². The summed E-state index contributed by atoms with van der Waals surface area (Å²) in [6, 6.07) is 6.91. The minimum atomic E-state index is -0.310. The molecule has 9 heteroatoms. The largest absolute Gasteiger partial charge is 0.331 e. The van der Waals surface area contributed by atoms with Crippen LogP contribution in [0.2, 0.25) is 0 Å². The molecule has 0 aliphatic heterocycles. The number of aryl methyl sites for hydroxylation is 2. The molecule has 0 unspecified atom stereocenters. The highest BCUT2D eigenvalue weighted by Gasteiger charge is 2.15. The van der Waals surface area contributed by atoms with Gasteiger partial charge >= 0.3 is 6.03 Å². The SMILES string of the molecule is CCc1nnnn1-c1ccccc1NC(=O)N[C@H](C)c1cnn(C)c1. The first-order valence-corrected chi connectivity index (χ1v) is 8.01. The Kier molecular flexibility index (Phi) is 4.73. The first-order chi connectivity index (χ1) is 12.1. The summed E-state index contributed by atoms with van der Waals surface area (Å²) in [6.45, 7) is 3.87. The van der Waals surface area contributed by atoms with Crippen LogP contribution in [0.4, 0.5) is 10.5 Å². The number of hydrogen-bond donors (Lipinski definition) is 2. The highest BCUT2D eigenvalue weighted by atomic mass is 16.2. The van der Waals surface area contributed by atoms with Crippen molar-refractivity contribution in [3.8, 4) is 5.69 Å². The zero-order valence-corrected chi connectivity index (χ0v) is 14.3. The Hall–Kier alpha value is -3.23. The summed E-state index contributed by atoms with van der Waals surface area (Å²) in [6.07, 6.45) is 4.28. The molecule has 0 bridgehead atoms. The van der Waals surface area contributed by atoms with E-state index in [1.54, 1.807) is 15.6 Å². The molecule has 0 saturated carbocycles. The lowest BCUT2D eigenvalue weighted by Gasteiger charge is -2.15. The summed E-state index contributed by atoms with van der Waals surface area (Å²) in [4.78, 5) is 12.4. The van der Waals surface area contributed by atoms with Gasteiger partial charge in [0.2, 0.25) is 0 Å². The van der Waals surface area contributed by atoms with E-state index in [9.17, 15) is 4.79 Å². The Morgan fingerprint density at radius 1 is 1.32 bits per heavy atom. The van der Waals surface area contributed by atoms with E-state index in [1.807, 2.05) is 51.4 Å². The molecule has 0 aliphatic carbocycles. The molecule has 3 rings (SSSR count). The van der Waals surface area contributed by atoms with E-state index in [4.69, 9.17) is 0 Å². The van der Waals surface area contributed by atoms with Crippen molar-refractivity contribution in [2.24, 2.45) is 7.05 Å². The molecule has 9 nitrogen and oxygen atoms in total. The molecular weight excluding hydrogens is 320 g/mol. The topological polar surface area (TPSA) is 103 Å². The lowest BCUT2D eigenvalue weighted by molar-refractivity contribution is 0.249. The number of rotatable bonds is 5. The van der Waals surface area contributed by atoms with Crippen molar-refractivity contribution in [1.29, 1.82) is 0 Å². The Morgan fingerprint density at radius 2 is 2.12 bits per heavy atom. The van der Waals surface area contributed by atoms with Crippen LogP contribution in [0.1, 0.15) is 31.3 Å². The molecule has 1 atom stereocenters. The van der Waals surface area contributed by atoms with Crippen LogP contribution < -0.4 is 10.6 Å². The fourth-order valence-corrected chi connectivity index (χ4v) is 2.48. The second-order valence-electron chi connectivity index (χ2n) is 5.65. The number of anilines is 1. The Balaban J connectivity index is 1.76. The van der Waals surface area contributed by atoms with Gasteiger partial charge in [-0.05, 0) is 29.5 Å². The van der Waals surface area contributed by atoms with Crippen molar-refractivity contribution in [3.05, 3.63) is 48.0 Å². The number of hydrogen-bond acceptors (Lipinski definition) is 5. The Morgan fingerprint density at radius 3 is 2.84 bits per heavy atom. The number of nitrogens with zero attached hydrogens (tertiary/aromatic N) is 6. The molecule has 2 aromatic heterocycles. The van der Waals surface area contributed by atoms with Crippen molar-refractivity contribution in [1.82, 2.24) is 35.3 Å². The normalized spacial score (nSPS) is 12.0. The monoisotopic (exact) mass is 340 g/mol. The van der Waals surface area contributed by atoms with Gasteiger partial charge in [0.25, 0.3) is 0 Å². The van der Waals surface area contributed by atoms with Gasteiger partial charge in [-0.15, -0.1) is 5.10 Å². The smallest absolute Gasteiger partial charge is 0.319 e. The van der Waals surface area contributed by atoms with Crippen molar-refractivity contribution < 1.29 is 4.79 Å². The van der Waals surface area contributed by atoms with Gasteiger partial charge in [-0.1, -0.05) is 19.1 Å². The lowest BCUT2D eigenvalue weighted by Crippen LogP contribution is -2.31. The summed E-state index contributed by atoms with van der Waals surface area (Å²) in [5.74, 6) is 0.721. The molecule has 2 amide bonds. The highest BCUT2D eigenvalue weighted by Crippen LogP contribution is 2.20. The van der Waals surface area contributed by atoms with Gasteiger partial charge in [0, 0.05) is 25.2 Å². The fraction of sp³-hybridized carbons (Fsp3) is 0.312. The molecular formula is C16H20N8O. The van der Waals surface area contributed by atoms with Crippen LogP contribution in [-0.2, 0) is 13.5 Å². The first kappa shape index (κ1) is 16.6. The average Bonchev–Trinajstić information content (AvgIpc) is 3.23. The van der Waals surface area contributed by atoms with Crippen LogP contribution in [0.25, 0.3) is 5.69 Å².